The molecule has 3 N–H and O–H groups in total. The third-order valence-electron chi connectivity index (χ3n) is 6.26. The van der Waals surface area contributed by atoms with Crippen LogP contribution in [0.3, 0.4) is 0 Å². The van der Waals surface area contributed by atoms with Crippen LogP contribution >= 0.6 is 0 Å². The summed E-state index contributed by atoms with van der Waals surface area (Å²) in [7, 11) is 0. The van der Waals surface area contributed by atoms with E-state index in [0.717, 1.165) is 10.1 Å². The first-order valence-electron chi connectivity index (χ1n) is 11.9. The number of para-hydroxylation sites is 1. The lowest BCUT2D eigenvalue weighted by Crippen LogP contribution is -2.49. The molecule has 1 aromatic carbocycles. The number of hydrogen-bond acceptors (Lipinski definition) is 8. The summed E-state index contributed by atoms with van der Waals surface area (Å²) in [6.07, 6.45) is 0. The van der Waals surface area contributed by atoms with Gasteiger partial charge in [0.2, 0.25) is 11.2 Å². The minimum absolute atomic E-state index is 0.183. The van der Waals surface area contributed by atoms with Gasteiger partial charge < -0.3 is 20.5 Å². The molecule has 36 heavy (non-hydrogen) atoms. The van der Waals surface area contributed by atoms with Crippen molar-refractivity contribution in [1.29, 1.82) is 0 Å². The third kappa shape index (κ3) is 8.41. The molecule has 1 aliphatic rings. The number of carboxylic acid groups (broad SMARTS) is 3. The summed E-state index contributed by atoms with van der Waals surface area (Å²) in [5, 5.41) is 41.8. The van der Waals surface area contributed by atoms with Crippen molar-refractivity contribution in [2.75, 3.05) is 72.0 Å². The summed E-state index contributed by atoms with van der Waals surface area (Å²) in [4.78, 5) is 41.4. The molecule has 0 spiro atoms. The molecule has 1 aromatic heterocycles. The maximum absolute atomic E-state index is 13.0. The fourth-order valence-electron chi connectivity index (χ4n) is 4.35. The van der Waals surface area contributed by atoms with Gasteiger partial charge in [-0.1, -0.05) is 12.1 Å². The van der Waals surface area contributed by atoms with E-state index in [9.17, 15) is 34.9 Å². The SMILES string of the molecule is O=C(O)CN1CCN(CC(=O)O)CCN(Cc2ccc3ccccc3[n+]2[O-])CCN(CC(=O)O)CC1. The highest BCUT2D eigenvalue weighted by Crippen LogP contribution is 2.12. The molecule has 2 heterocycles. The Morgan fingerprint density at radius 2 is 1.08 bits per heavy atom. The maximum atomic E-state index is 13.0. The number of nitrogens with zero attached hydrogens (tertiary/aromatic N) is 5. The summed E-state index contributed by atoms with van der Waals surface area (Å²) in [5.41, 5.74) is 1.10. The zero-order valence-corrected chi connectivity index (χ0v) is 20.2. The topological polar surface area (TPSA) is 152 Å². The highest BCUT2D eigenvalue weighted by atomic mass is 16.5. The lowest BCUT2D eigenvalue weighted by Gasteiger charge is -2.32. The van der Waals surface area contributed by atoms with Crippen LogP contribution in [-0.2, 0) is 20.9 Å². The Labute approximate surface area is 209 Å². The molecule has 12 heteroatoms. The Bertz CT molecular complexity index is 1030. The second kappa shape index (κ2) is 13.1. The van der Waals surface area contributed by atoms with Crippen molar-refractivity contribution < 1.29 is 34.4 Å². The first-order valence-corrected chi connectivity index (χ1v) is 11.9. The number of hydrogen-bond donors (Lipinski definition) is 3. The van der Waals surface area contributed by atoms with Crippen LogP contribution < -0.4 is 4.73 Å². The number of pyridine rings is 1. The van der Waals surface area contributed by atoms with Crippen LogP contribution in [0.15, 0.2) is 36.4 Å². The number of benzene rings is 1. The van der Waals surface area contributed by atoms with Crippen LogP contribution in [0.2, 0.25) is 0 Å². The second-order valence-electron chi connectivity index (χ2n) is 8.96. The number of fused-ring (bicyclic) bond motifs is 1. The Balaban J connectivity index is 1.80. The molecular weight excluding hydrogens is 470 g/mol. The van der Waals surface area contributed by atoms with E-state index in [0.29, 0.717) is 70.1 Å². The number of carboxylic acids is 3. The van der Waals surface area contributed by atoms with Gasteiger partial charge in [-0.2, -0.15) is 4.73 Å². The van der Waals surface area contributed by atoms with E-state index in [1.807, 2.05) is 23.1 Å². The van der Waals surface area contributed by atoms with E-state index < -0.39 is 17.9 Å². The van der Waals surface area contributed by atoms with Crippen LogP contribution in [-0.4, -0.2) is 125 Å². The van der Waals surface area contributed by atoms with Crippen LogP contribution in [0.25, 0.3) is 10.9 Å². The number of carbonyl (C=O) groups is 3. The maximum Gasteiger partial charge on any atom is 0.317 e. The van der Waals surface area contributed by atoms with Crippen molar-refractivity contribution in [1.82, 2.24) is 19.6 Å². The molecule has 0 radical (unpaired) electrons. The molecule has 3 rings (SSSR count). The Morgan fingerprint density at radius 1 is 0.667 bits per heavy atom. The Kier molecular flexibility index (Phi) is 9.94. The van der Waals surface area contributed by atoms with Gasteiger partial charge in [-0.15, -0.1) is 0 Å². The van der Waals surface area contributed by atoms with Crippen molar-refractivity contribution in [2.45, 2.75) is 6.54 Å². The van der Waals surface area contributed by atoms with E-state index in [2.05, 4.69) is 0 Å². The van der Waals surface area contributed by atoms with Crippen molar-refractivity contribution in [3.63, 3.8) is 0 Å². The predicted molar refractivity (Wildman–Crippen MR) is 130 cm³/mol. The van der Waals surface area contributed by atoms with E-state index in [-0.39, 0.29) is 19.6 Å². The molecular formula is C24H33N5O7. The highest BCUT2D eigenvalue weighted by molar-refractivity contribution is 5.75. The van der Waals surface area contributed by atoms with E-state index in [1.165, 1.54) is 0 Å². The first-order chi connectivity index (χ1) is 17.2. The van der Waals surface area contributed by atoms with E-state index >= 15 is 0 Å². The average Bonchev–Trinajstić information content (AvgIpc) is 2.81. The summed E-state index contributed by atoms with van der Waals surface area (Å²) < 4.78 is 0.902. The minimum Gasteiger partial charge on any atom is -0.618 e. The van der Waals surface area contributed by atoms with E-state index in [1.54, 1.807) is 32.9 Å². The van der Waals surface area contributed by atoms with Crippen molar-refractivity contribution in [3.05, 3.63) is 47.3 Å². The van der Waals surface area contributed by atoms with Gasteiger partial charge in [0.25, 0.3) is 0 Å². The first kappa shape index (κ1) is 27.3. The van der Waals surface area contributed by atoms with Gasteiger partial charge in [0.1, 0.15) is 0 Å². The number of aliphatic carboxylic acids is 3. The van der Waals surface area contributed by atoms with Crippen LogP contribution in [0, 0.1) is 5.21 Å². The highest BCUT2D eigenvalue weighted by Gasteiger charge is 2.21. The summed E-state index contributed by atoms with van der Waals surface area (Å²) in [5.74, 6) is -2.94. The molecule has 1 saturated heterocycles. The van der Waals surface area contributed by atoms with Crippen LogP contribution in [0.5, 0.6) is 0 Å². The zero-order chi connectivity index (χ0) is 26.1. The standard InChI is InChI=1S/C24H33N5O7/c30-22(31)16-26-9-7-25(15-20-6-5-19-3-1-2-4-21(19)29(20)36)8-10-27(17-23(32)33)12-14-28(13-11-26)18-24(34)35/h1-6H,7-18H2,(H,30,31)(H,32,33)(H,34,35). The van der Waals surface area contributed by atoms with Gasteiger partial charge in [0, 0.05) is 69.9 Å². The molecule has 12 nitrogen and oxygen atoms in total. The molecule has 1 aliphatic heterocycles. The van der Waals surface area contributed by atoms with Crippen molar-refractivity contribution in [2.24, 2.45) is 0 Å². The van der Waals surface area contributed by atoms with Gasteiger partial charge >= 0.3 is 17.9 Å². The molecule has 0 amide bonds. The van der Waals surface area contributed by atoms with Crippen LogP contribution in [0.1, 0.15) is 5.69 Å². The molecule has 0 atom stereocenters. The molecule has 0 aliphatic carbocycles. The van der Waals surface area contributed by atoms with Gasteiger partial charge in [0.15, 0.2) is 0 Å². The molecule has 196 valence electrons. The monoisotopic (exact) mass is 503 g/mol. The largest absolute Gasteiger partial charge is 0.618 e. The molecule has 0 unspecified atom stereocenters. The zero-order valence-electron chi connectivity index (χ0n) is 20.2. The summed E-state index contributed by atoms with van der Waals surface area (Å²) in [6.45, 7) is 2.85. The van der Waals surface area contributed by atoms with E-state index in [4.69, 9.17) is 0 Å². The molecule has 2 aromatic rings. The lowest BCUT2D eigenvalue weighted by atomic mass is 10.2. The fraction of sp³-hybridized carbons (Fsp3) is 0.500. The number of aromatic nitrogens is 1. The lowest BCUT2D eigenvalue weighted by molar-refractivity contribution is -0.587. The van der Waals surface area contributed by atoms with Crippen molar-refractivity contribution in [3.8, 4) is 0 Å². The smallest absolute Gasteiger partial charge is 0.317 e. The Hall–Kier alpha value is -3.32. The molecule has 0 saturated carbocycles. The van der Waals surface area contributed by atoms with Gasteiger partial charge in [-0.3, -0.25) is 34.0 Å². The van der Waals surface area contributed by atoms with Gasteiger partial charge in [-0.25, -0.2) is 0 Å². The summed E-state index contributed by atoms with van der Waals surface area (Å²) >= 11 is 0. The normalized spacial score (nSPS) is 17.9. The minimum atomic E-state index is -0.996. The predicted octanol–water partition coefficient (Wildman–Crippen LogP) is -0.551. The molecule has 1 fully saturated rings. The number of rotatable bonds is 8. The average molecular weight is 504 g/mol. The Morgan fingerprint density at radius 3 is 1.53 bits per heavy atom. The fourth-order valence-corrected chi connectivity index (χ4v) is 4.35. The second-order valence-corrected chi connectivity index (χ2v) is 8.96. The van der Waals surface area contributed by atoms with Crippen molar-refractivity contribution >= 4 is 28.8 Å². The quantitative estimate of drug-likeness (QED) is 0.314. The van der Waals surface area contributed by atoms with Gasteiger partial charge in [-0.05, 0) is 12.1 Å². The third-order valence-corrected chi connectivity index (χ3v) is 6.26. The molecule has 0 bridgehead atoms. The van der Waals surface area contributed by atoms with Crippen LogP contribution in [0.4, 0.5) is 0 Å². The van der Waals surface area contributed by atoms with Gasteiger partial charge in [0.05, 0.1) is 26.2 Å². The summed E-state index contributed by atoms with van der Waals surface area (Å²) in [6, 6.07) is 11.0.